The van der Waals surface area contributed by atoms with Crippen LogP contribution in [0.15, 0.2) is 72.8 Å². The van der Waals surface area contributed by atoms with Crippen LogP contribution in [0.4, 0.5) is 5.69 Å². The number of hydrogen-bond acceptors (Lipinski definition) is 4. The number of phenols is 1. The van der Waals surface area contributed by atoms with Crippen molar-refractivity contribution in [3.63, 3.8) is 0 Å². The Bertz CT molecular complexity index is 1270. The standard InChI is InChI=1S/C26H25N3O2/c1-27-21-11-5-3-10-20(21)26(31)24-25-19(14-15-28-24)18-9-4-6-12-22(18)29(25)16-17-8-2-7-13-23(17)30/h2-13,24,27-28,30H,14-16H2,1H3. The normalized spacial score (nSPS) is 15.6. The van der Waals surface area contributed by atoms with Gasteiger partial charge in [-0.15, -0.1) is 0 Å². The van der Waals surface area contributed by atoms with Crippen LogP contribution in [0.3, 0.4) is 0 Å². The van der Waals surface area contributed by atoms with Crippen molar-refractivity contribution in [3.8, 4) is 5.75 Å². The van der Waals surface area contributed by atoms with Gasteiger partial charge in [0, 0.05) is 47.0 Å². The summed E-state index contributed by atoms with van der Waals surface area (Å²) in [6.45, 7) is 1.25. The Hall–Kier alpha value is -3.57. The second-order valence-corrected chi connectivity index (χ2v) is 7.89. The van der Waals surface area contributed by atoms with Crippen LogP contribution in [0.25, 0.3) is 10.9 Å². The fraction of sp³-hybridized carbons (Fsp3) is 0.192. The molecule has 0 fully saturated rings. The van der Waals surface area contributed by atoms with Gasteiger partial charge in [0.25, 0.3) is 0 Å². The van der Waals surface area contributed by atoms with Crippen LogP contribution < -0.4 is 10.6 Å². The molecule has 4 aromatic rings. The van der Waals surface area contributed by atoms with Gasteiger partial charge in [-0.3, -0.25) is 4.79 Å². The Labute approximate surface area is 181 Å². The number of hydrogen-bond donors (Lipinski definition) is 3. The number of nitrogens with one attached hydrogen (secondary N) is 2. The van der Waals surface area contributed by atoms with Crippen molar-refractivity contribution >= 4 is 22.4 Å². The summed E-state index contributed by atoms with van der Waals surface area (Å²) in [6, 6.07) is 22.9. The molecule has 0 saturated carbocycles. The summed E-state index contributed by atoms with van der Waals surface area (Å²) in [4.78, 5) is 13.7. The summed E-state index contributed by atoms with van der Waals surface area (Å²) in [7, 11) is 1.83. The lowest BCUT2D eigenvalue weighted by Gasteiger charge is -2.27. The molecule has 2 heterocycles. The number of nitrogens with zero attached hydrogens (tertiary/aromatic N) is 1. The number of anilines is 1. The average molecular weight is 412 g/mol. The van der Waals surface area contributed by atoms with Crippen molar-refractivity contribution in [1.29, 1.82) is 0 Å². The van der Waals surface area contributed by atoms with Crippen LogP contribution >= 0.6 is 0 Å². The smallest absolute Gasteiger partial charge is 0.187 e. The molecule has 0 radical (unpaired) electrons. The van der Waals surface area contributed by atoms with Crippen molar-refractivity contribution in [2.24, 2.45) is 0 Å². The highest BCUT2D eigenvalue weighted by Gasteiger charge is 2.33. The number of fused-ring (bicyclic) bond motifs is 3. The summed E-state index contributed by atoms with van der Waals surface area (Å²) < 4.78 is 2.19. The van der Waals surface area contributed by atoms with E-state index in [0.29, 0.717) is 12.1 Å². The second kappa shape index (κ2) is 7.93. The van der Waals surface area contributed by atoms with Crippen molar-refractivity contribution in [3.05, 3.63) is 95.2 Å². The van der Waals surface area contributed by atoms with E-state index >= 15 is 0 Å². The zero-order valence-electron chi connectivity index (χ0n) is 17.4. The first-order chi connectivity index (χ1) is 15.2. The van der Waals surface area contributed by atoms with E-state index in [9.17, 15) is 9.90 Å². The summed E-state index contributed by atoms with van der Waals surface area (Å²) in [6.07, 6.45) is 0.862. The van der Waals surface area contributed by atoms with Gasteiger partial charge in [-0.25, -0.2) is 0 Å². The van der Waals surface area contributed by atoms with Crippen molar-refractivity contribution in [2.75, 3.05) is 18.9 Å². The fourth-order valence-corrected chi connectivity index (χ4v) is 4.70. The van der Waals surface area contributed by atoms with E-state index in [0.717, 1.165) is 35.4 Å². The van der Waals surface area contributed by atoms with E-state index in [-0.39, 0.29) is 11.5 Å². The van der Waals surface area contributed by atoms with Gasteiger partial charge in [0.1, 0.15) is 11.8 Å². The van der Waals surface area contributed by atoms with Gasteiger partial charge in [0.15, 0.2) is 5.78 Å². The molecule has 1 aromatic heterocycles. The molecule has 0 spiro atoms. The molecule has 156 valence electrons. The van der Waals surface area contributed by atoms with Crippen molar-refractivity contribution in [2.45, 2.75) is 19.0 Å². The molecule has 1 aliphatic heterocycles. The van der Waals surface area contributed by atoms with E-state index < -0.39 is 6.04 Å². The van der Waals surface area contributed by atoms with Crippen LogP contribution in [-0.4, -0.2) is 29.0 Å². The molecular formula is C26H25N3O2. The third-order valence-electron chi connectivity index (χ3n) is 6.16. The molecule has 0 saturated heterocycles. The number of phenolic OH excluding ortho intramolecular Hbond substituents is 1. The molecule has 0 amide bonds. The van der Waals surface area contributed by atoms with E-state index in [1.807, 2.05) is 61.6 Å². The summed E-state index contributed by atoms with van der Waals surface area (Å²) in [5.74, 6) is 0.313. The summed E-state index contributed by atoms with van der Waals surface area (Å²) >= 11 is 0. The van der Waals surface area contributed by atoms with Gasteiger partial charge < -0.3 is 20.3 Å². The third kappa shape index (κ3) is 3.27. The lowest BCUT2D eigenvalue weighted by atomic mass is 9.92. The number of aromatic hydroxyl groups is 1. The lowest BCUT2D eigenvalue weighted by Crippen LogP contribution is -2.36. The predicted molar refractivity (Wildman–Crippen MR) is 124 cm³/mol. The van der Waals surface area contributed by atoms with Crippen LogP contribution in [-0.2, 0) is 13.0 Å². The van der Waals surface area contributed by atoms with Gasteiger partial charge in [-0.1, -0.05) is 48.5 Å². The first kappa shape index (κ1) is 19.4. The molecule has 31 heavy (non-hydrogen) atoms. The van der Waals surface area contributed by atoms with Gasteiger partial charge in [-0.05, 0) is 36.2 Å². The number of ketones is 1. The number of carbonyl (C=O) groups is 1. The number of para-hydroxylation sites is 3. The number of rotatable bonds is 5. The number of Topliss-reactive ketones (excluding diaryl/α,β-unsaturated/α-hetero) is 1. The Balaban J connectivity index is 1.69. The molecule has 3 N–H and O–H groups in total. The minimum Gasteiger partial charge on any atom is -0.508 e. The van der Waals surface area contributed by atoms with Crippen LogP contribution in [0.1, 0.15) is 33.2 Å². The maximum atomic E-state index is 13.7. The van der Waals surface area contributed by atoms with Gasteiger partial charge in [-0.2, -0.15) is 0 Å². The molecular weight excluding hydrogens is 386 g/mol. The predicted octanol–water partition coefficient (Wildman–Crippen LogP) is 4.51. The van der Waals surface area contributed by atoms with Gasteiger partial charge in [0.2, 0.25) is 0 Å². The SMILES string of the molecule is CNc1ccccc1C(=O)C1NCCc2c1n(Cc1ccccc1O)c1ccccc21. The van der Waals surface area contributed by atoms with Gasteiger partial charge in [0.05, 0.1) is 6.54 Å². The Morgan fingerprint density at radius 1 is 1.06 bits per heavy atom. The quantitative estimate of drug-likeness (QED) is 0.423. The highest BCUT2D eigenvalue weighted by molar-refractivity contribution is 6.06. The van der Waals surface area contributed by atoms with E-state index in [1.54, 1.807) is 6.07 Å². The largest absolute Gasteiger partial charge is 0.508 e. The molecule has 1 atom stereocenters. The molecule has 3 aromatic carbocycles. The second-order valence-electron chi connectivity index (χ2n) is 7.89. The molecule has 5 nitrogen and oxygen atoms in total. The Morgan fingerprint density at radius 2 is 1.81 bits per heavy atom. The van der Waals surface area contributed by atoms with E-state index in [4.69, 9.17) is 0 Å². The Kier molecular flexibility index (Phi) is 4.96. The van der Waals surface area contributed by atoms with Crippen LogP contribution in [0.5, 0.6) is 5.75 Å². The summed E-state index contributed by atoms with van der Waals surface area (Å²) in [5, 5.41) is 18.2. The van der Waals surface area contributed by atoms with Crippen molar-refractivity contribution < 1.29 is 9.90 Å². The first-order valence-corrected chi connectivity index (χ1v) is 10.6. The zero-order chi connectivity index (χ0) is 21.4. The fourth-order valence-electron chi connectivity index (χ4n) is 4.70. The number of benzene rings is 3. The molecule has 0 aliphatic carbocycles. The maximum Gasteiger partial charge on any atom is 0.187 e. The van der Waals surface area contributed by atoms with E-state index in [1.165, 1.54) is 10.9 Å². The highest BCUT2D eigenvalue weighted by Crippen LogP contribution is 2.36. The summed E-state index contributed by atoms with van der Waals surface area (Å²) in [5.41, 5.74) is 5.62. The van der Waals surface area contributed by atoms with Gasteiger partial charge >= 0.3 is 0 Å². The van der Waals surface area contributed by atoms with Crippen molar-refractivity contribution in [1.82, 2.24) is 9.88 Å². The molecule has 5 rings (SSSR count). The van der Waals surface area contributed by atoms with Crippen LogP contribution in [0.2, 0.25) is 0 Å². The minimum absolute atomic E-state index is 0.0484. The molecule has 1 aliphatic rings. The number of carbonyl (C=O) groups excluding carboxylic acids is 1. The average Bonchev–Trinajstić information content (AvgIpc) is 3.14. The van der Waals surface area contributed by atoms with Crippen LogP contribution in [0, 0.1) is 0 Å². The lowest BCUT2D eigenvalue weighted by molar-refractivity contribution is 0.0936. The highest BCUT2D eigenvalue weighted by atomic mass is 16.3. The number of aromatic nitrogens is 1. The maximum absolute atomic E-state index is 13.7. The molecule has 5 heteroatoms. The first-order valence-electron chi connectivity index (χ1n) is 10.6. The topological polar surface area (TPSA) is 66.3 Å². The third-order valence-corrected chi connectivity index (χ3v) is 6.16. The molecule has 1 unspecified atom stereocenters. The monoisotopic (exact) mass is 411 g/mol. The molecule has 0 bridgehead atoms. The Morgan fingerprint density at radius 3 is 2.65 bits per heavy atom. The van der Waals surface area contributed by atoms with E-state index in [2.05, 4.69) is 27.3 Å². The minimum atomic E-state index is -0.448. The zero-order valence-corrected chi connectivity index (χ0v) is 17.4.